The van der Waals surface area contributed by atoms with Crippen molar-refractivity contribution in [3.63, 3.8) is 0 Å². The number of carbonyl (C=O) groups is 4. The van der Waals surface area contributed by atoms with Crippen molar-refractivity contribution >= 4 is 104 Å². The van der Waals surface area contributed by atoms with Gasteiger partial charge in [-0.25, -0.2) is 19.2 Å². The van der Waals surface area contributed by atoms with Crippen LogP contribution in [0, 0.1) is 0 Å². The Morgan fingerprint density at radius 2 is 0.409 bits per heavy atom. The standard InChI is InChI=1S/2C14H10O4S2.3C12H10N4/c2*15-13(16)9-5-1-3-7-11(9)19-20-12-8-4-2-6-10(12)14(17)18;3*1-3-7-13-11(5-1)9-15-16-10-12-6-2-4-8-14-12/h2*1-8H,(H,15,16)(H,17,18);3*1-10H/b;;3*15-9+,16-10+. The van der Waals surface area contributed by atoms with Gasteiger partial charge in [-0.1, -0.05) is 128 Å². The number of hydrogen-bond acceptors (Lipinski definition) is 20. The summed E-state index contributed by atoms with van der Waals surface area (Å²) in [6, 6.07) is 60.2. The van der Waals surface area contributed by atoms with E-state index in [1.807, 2.05) is 109 Å². The second kappa shape index (κ2) is 38.8. The predicted octanol–water partition coefficient (Wildman–Crippen LogP) is 13.6. The van der Waals surface area contributed by atoms with Crippen LogP contribution in [0.5, 0.6) is 0 Å². The maximum absolute atomic E-state index is 11.1. The van der Waals surface area contributed by atoms with Crippen LogP contribution in [0.4, 0.5) is 0 Å². The first-order valence-corrected chi connectivity index (χ1v) is 30.0. The number of carboxylic acids is 4. The zero-order valence-electron chi connectivity index (χ0n) is 46.0. The summed E-state index contributed by atoms with van der Waals surface area (Å²) >= 11 is 0. The molecule has 6 heterocycles. The molecule has 88 heavy (non-hydrogen) atoms. The van der Waals surface area contributed by atoms with E-state index in [9.17, 15) is 19.2 Å². The second-order valence-electron chi connectivity index (χ2n) is 16.5. The number of carboxylic acid groups (broad SMARTS) is 4. The number of aromatic nitrogens is 6. The summed E-state index contributed by atoms with van der Waals surface area (Å²) in [4.78, 5) is 71.2. The number of rotatable bonds is 19. The number of pyridine rings is 6. The third-order valence-corrected chi connectivity index (χ3v) is 15.3. The first-order valence-electron chi connectivity index (χ1n) is 25.7. The van der Waals surface area contributed by atoms with Crippen molar-refractivity contribution in [2.75, 3.05) is 0 Å². The van der Waals surface area contributed by atoms with Gasteiger partial charge in [-0.2, -0.15) is 30.6 Å². The second-order valence-corrected chi connectivity index (χ2v) is 21.0. The van der Waals surface area contributed by atoms with Gasteiger partial charge in [0.1, 0.15) is 0 Å². The van der Waals surface area contributed by atoms with Gasteiger partial charge in [-0.05, 0) is 121 Å². The Bertz CT molecular complexity index is 3360. The fourth-order valence-electron chi connectivity index (χ4n) is 6.31. The van der Waals surface area contributed by atoms with E-state index in [0.29, 0.717) is 19.6 Å². The predicted molar refractivity (Wildman–Crippen MR) is 348 cm³/mol. The molecule has 10 aromatic rings. The third kappa shape index (κ3) is 25.1. The molecule has 0 radical (unpaired) electrons. The maximum Gasteiger partial charge on any atom is 0.336 e. The zero-order valence-corrected chi connectivity index (χ0v) is 49.2. The maximum atomic E-state index is 11.1. The Labute approximate surface area is 520 Å². The minimum atomic E-state index is -1.000. The van der Waals surface area contributed by atoms with Crippen molar-refractivity contribution < 1.29 is 39.6 Å². The van der Waals surface area contributed by atoms with Crippen molar-refractivity contribution in [2.45, 2.75) is 19.6 Å². The molecule has 0 saturated carbocycles. The summed E-state index contributed by atoms with van der Waals surface area (Å²) in [5, 5.41) is 59.6. The van der Waals surface area contributed by atoms with Crippen LogP contribution >= 0.6 is 43.2 Å². The highest BCUT2D eigenvalue weighted by molar-refractivity contribution is 8.77. The monoisotopic (exact) mass is 1240 g/mol. The molecule has 24 heteroatoms. The molecule has 0 aliphatic carbocycles. The minimum absolute atomic E-state index is 0.206. The average molecular weight is 1240 g/mol. The van der Waals surface area contributed by atoms with E-state index < -0.39 is 23.9 Å². The van der Waals surface area contributed by atoms with Crippen LogP contribution in [-0.2, 0) is 0 Å². The van der Waals surface area contributed by atoms with E-state index in [1.54, 1.807) is 147 Å². The molecule has 4 aromatic carbocycles. The summed E-state index contributed by atoms with van der Waals surface area (Å²) in [5.41, 5.74) is 5.50. The molecular weight excluding hydrogens is 1190 g/mol. The highest BCUT2D eigenvalue weighted by atomic mass is 33.1. The Morgan fingerprint density at radius 1 is 0.250 bits per heavy atom. The van der Waals surface area contributed by atoms with Crippen molar-refractivity contribution in [3.05, 3.63) is 300 Å². The van der Waals surface area contributed by atoms with Gasteiger partial charge in [0.2, 0.25) is 0 Å². The molecule has 0 saturated heterocycles. The molecule has 0 aliphatic rings. The lowest BCUT2D eigenvalue weighted by Crippen LogP contribution is -1.98. The normalized spacial score (nSPS) is 10.8. The minimum Gasteiger partial charge on any atom is -0.478 e. The summed E-state index contributed by atoms with van der Waals surface area (Å²) in [5.74, 6) is -4.00. The molecule has 0 fully saturated rings. The summed E-state index contributed by atoms with van der Waals surface area (Å²) in [6.45, 7) is 0. The highest BCUT2D eigenvalue weighted by Gasteiger charge is 2.15. The molecule has 0 atom stereocenters. The number of hydrogen-bond donors (Lipinski definition) is 4. The molecular formula is C64H50N12O8S4. The molecule has 0 bridgehead atoms. The lowest BCUT2D eigenvalue weighted by molar-refractivity contribution is 0.0682. The lowest BCUT2D eigenvalue weighted by atomic mass is 10.2. The van der Waals surface area contributed by atoms with Crippen LogP contribution in [0.2, 0.25) is 0 Å². The van der Waals surface area contributed by atoms with E-state index in [-0.39, 0.29) is 22.3 Å². The number of benzene rings is 4. The molecule has 6 aromatic heterocycles. The van der Waals surface area contributed by atoms with E-state index in [2.05, 4.69) is 60.5 Å². The van der Waals surface area contributed by atoms with Crippen molar-refractivity contribution in [3.8, 4) is 0 Å². The van der Waals surface area contributed by atoms with Gasteiger partial charge >= 0.3 is 23.9 Å². The first-order chi connectivity index (χ1) is 43.0. The summed E-state index contributed by atoms with van der Waals surface area (Å²) in [7, 11) is 4.93. The topological polar surface area (TPSA) is 301 Å². The van der Waals surface area contributed by atoms with Crippen LogP contribution < -0.4 is 0 Å². The quantitative estimate of drug-likeness (QED) is 0.0332. The van der Waals surface area contributed by atoms with Gasteiger partial charge in [0, 0.05) is 56.8 Å². The third-order valence-electron chi connectivity index (χ3n) is 10.4. The first kappa shape index (κ1) is 66.2. The Morgan fingerprint density at radius 3 is 0.557 bits per heavy atom. The van der Waals surface area contributed by atoms with Gasteiger partial charge in [-0.3, -0.25) is 29.9 Å². The Balaban J connectivity index is 0.000000176. The van der Waals surface area contributed by atoms with Crippen LogP contribution in [0.25, 0.3) is 0 Å². The Kier molecular flexibility index (Phi) is 29.2. The molecule has 0 unspecified atom stereocenters. The van der Waals surface area contributed by atoms with E-state index in [4.69, 9.17) is 20.4 Å². The fourth-order valence-corrected chi connectivity index (χ4v) is 11.0. The largest absolute Gasteiger partial charge is 0.478 e. The fraction of sp³-hybridized carbons (Fsp3) is 0. The van der Waals surface area contributed by atoms with E-state index in [0.717, 1.165) is 34.2 Å². The van der Waals surface area contributed by atoms with Crippen molar-refractivity contribution in [1.82, 2.24) is 29.9 Å². The smallest absolute Gasteiger partial charge is 0.336 e. The van der Waals surface area contributed by atoms with Crippen LogP contribution in [0.3, 0.4) is 0 Å². The van der Waals surface area contributed by atoms with Gasteiger partial charge < -0.3 is 20.4 Å². The van der Waals surface area contributed by atoms with E-state index in [1.165, 1.54) is 67.4 Å². The number of aromatic carboxylic acids is 4. The molecule has 0 spiro atoms. The Hall–Kier alpha value is -10.9. The zero-order chi connectivity index (χ0) is 62.2. The van der Waals surface area contributed by atoms with E-state index >= 15 is 0 Å². The molecule has 0 amide bonds. The summed E-state index contributed by atoms with van der Waals surface area (Å²) < 4.78 is 0. The average Bonchev–Trinajstić information content (AvgIpc) is 3.63. The molecule has 438 valence electrons. The van der Waals surface area contributed by atoms with Gasteiger partial charge in [-0.15, -0.1) is 0 Å². The molecule has 20 nitrogen and oxygen atoms in total. The summed E-state index contributed by atoms with van der Waals surface area (Å²) in [6.07, 6.45) is 19.9. The lowest BCUT2D eigenvalue weighted by Gasteiger charge is -2.06. The van der Waals surface area contributed by atoms with Crippen LogP contribution in [-0.4, -0.2) is 111 Å². The molecule has 4 N–H and O–H groups in total. The van der Waals surface area contributed by atoms with Crippen LogP contribution in [0.1, 0.15) is 75.6 Å². The number of nitrogens with zero attached hydrogens (tertiary/aromatic N) is 12. The SMILES string of the molecule is C(=N\N=C\c1ccccn1)/c1ccccn1.C(=N\N=C\c1ccccn1)/c1ccccn1.C(=N\N=C\c1ccccn1)/c1ccccn1.O=C(O)c1ccccc1SSc1ccccc1C(=O)O.O=C(O)c1ccccc1SSc1ccccc1C(=O)O. The van der Waals surface area contributed by atoms with Crippen LogP contribution in [0.15, 0.2) is 294 Å². The van der Waals surface area contributed by atoms with Gasteiger partial charge in [0.15, 0.2) is 0 Å². The molecule has 10 rings (SSSR count). The van der Waals surface area contributed by atoms with Gasteiger partial charge in [0.25, 0.3) is 0 Å². The van der Waals surface area contributed by atoms with Crippen molar-refractivity contribution in [2.24, 2.45) is 30.6 Å². The molecule has 0 aliphatic heterocycles. The van der Waals surface area contributed by atoms with Crippen molar-refractivity contribution in [1.29, 1.82) is 0 Å². The van der Waals surface area contributed by atoms with Gasteiger partial charge in [0.05, 0.1) is 93.7 Å². The highest BCUT2D eigenvalue weighted by Crippen LogP contribution is 2.41.